The van der Waals surface area contributed by atoms with E-state index in [1.807, 2.05) is 43.3 Å². The van der Waals surface area contributed by atoms with Crippen molar-refractivity contribution in [1.29, 1.82) is 0 Å². The Morgan fingerprint density at radius 3 is 1.75 bits per heavy atom. The van der Waals surface area contributed by atoms with Gasteiger partial charge >= 0.3 is 0 Å². The first-order valence-electron chi connectivity index (χ1n) is 6.00. The second-order valence-corrected chi connectivity index (χ2v) is 4.38. The zero-order valence-electron chi connectivity index (χ0n) is 11.2. The Bertz CT molecular complexity index is 619. The summed E-state index contributed by atoms with van der Waals surface area (Å²) in [6.07, 6.45) is 0. The van der Waals surface area contributed by atoms with Gasteiger partial charge in [0.15, 0.2) is 0 Å². The fourth-order valence-corrected chi connectivity index (χ4v) is 1.57. The highest BCUT2D eigenvalue weighted by atomic mass is 16.6. The summed E-state index contributed by atoms with van der Waals surface area (Å²) in [7, 11) is 3.93. The maximum Gasteiger partial charge on any atom is 0.269 e. The van der Waals surface area contributed by atoms with Gasteiger partial charge in [0.1, 0.15) is 0 Å². The third-order valence-electron chi connectivity index (χ3n) is 2.71. The first-order chi connectivity index (χ1) is 9.56. The topological polar surface area (TPSA) is 71.1 Å². The van der Waals surface area contributed by atoms with Crippen molar-refractivity contribution >= 4 is 22.7 Å². The van der Waals surface area contributed by atoms with E-state index >= 15 is 0 Å². The van der Waals surface area contributed by atoms with Crippen LogP contribution in [0.4, 0.5) is 22.7 Å². The minimum absolute atomic E-state index is 0.0410. The largest absolute Gasteiger partial charge is 0.378 e. The van der Waals surface area contributed by atoms with Gasteiger partial charge < -0.3 is 4.90 Å². The molecule has 0 aliphatic heterocycles. The minimum Gasteiger partial charge on any atom is -0.378 e. The van der Waals surface area contributed by atoms with Gasteiger partial charge in [-0.05, 0) is 36.4 Å². The molecular formula is C14H14N4O2. The average molecular weight is 270 g/mol. The van der Waals surface area contributed by atoms with E-state index in [2.05, 4.69) is 10.2 Å². The summed E-state index contributed by atoms with van der Waals surface area (Å²) in [4.78, 5) is 12.1. The zero-order valence-corrected chi connectivity index (χ0v) is 11.2. The molecule has 0 atom stereocenters. The van der Waals surface area contributed by atoms with Gasteiger partial charge in [-0.1, -0.05) is 0 Å². The summed E-state index contributed by atoms with van der Waals surface area (Å²) in [5.74, 6) is 0. The Labute approximate surface area is 116 Å². The lowest BCUT2D eigenvalue weighted by molar-refractivity contribution is -0.384. The summed E-state index contributed by atoms with van der Waals surface area (Å²) in [5, 5.41) is 18.7. The van der Waals surface area contributed by atoms with E-state index in [1.54, 1.807) is 12.1 Å². The molecule has 0 unspecified atom stereocenters. The number of rotatable bonds is 4. The first kappa shape index (κ1) is 13.7. The van der Waals surface area contributed by atoms with Crippen LogP contribution in [0.3, 0.4) is 0 Å². The molecule has 2 aromatic rings. The van der Waals surface area contributed by atoms with Gasteiger partial charge in [0.25, 0.3) is 5.69 Å². The lowest BCUT2D eigenvalue weighted by atomic mass is 10.3. The Morgan fingerprint density at radius 1 is 0.900 bits per heavy atom. The highest BCUT2D eigenvalue weighted by Gasteiger charge is 2.03. The number of hydrogen-bond acceptors (Lipinski definition) is 5. The molecule has 102 valence electrons. The third kappa shape index (κ3) is 3.38. The van der Waals surface area contributed by atoms with Crippen molar-refractivity contribution in [3.8, 4) is 0 Å². The van der Waals surface area contributed by atoms with Crippen LogP contribution in [0.25, 0.3) is 0 Å². The number of non-ortho nitro benzene ring substituents is 1. The van der Waals surface area contributed by atoms with Gasteiger partial charge in [-0.25, -0.2) is 0 Å². The van der Waals surface area contributed by atoms with E-state index < -0.39 is 4.92 Å². The molecule has 0 spiro atoms. The lowest BCUT2D eigenvalue weighted by Crippen LogP contribution is -2.07. The van der Waals surface area contributed by atoms with Crippen molar-refractivity contribution in [2.24, 2.45) is 10.2 Å². The quantitative estimate of drug-likeness (QED) is 0.477. The fraction of sp³-hybridized carbons (Fsp3) is 0.143. The average Bonchev–Trinajstić information content (AvgIpc) is 2.46. The normalized spacial score (nSPS) is 10.7. The van der Waals surface area contributed by atoms with E-state index in [9.17, 15) is 10.1 Å². The Hall–Kier alpha value is -2.76. The third-order valence-corrected chi connectivity index (χ3v) is 2.71. The van der Waals surface area contributed by atoms with Gasteiger partial charge in [-0.15, -0.1) is 0 Å². The predicted molar refractivity (Wildman–Crippen MR) is 78.0 cm³/mol. The van der Waals surface area contributed by atoms with E-state index in [0.717, 1.165) is 11.4 Å². The second kappa shape index (κ2) is 5.92. The van der Waals surface area contributed by atoms with Crippen LogP contribution in [-0.2, 0) is 0 Å². The first-order valence-corrected chi connectivity index (χ1v) is 6.00. The van der Waals surface area contributed by atoms with Gasteiger partial charge in [-0.3, -0.25) is 10.1 Å². The number of anilines is 1. The van der Waals surface area contributed by atoms with Crippen LogP contribution >= 0.6 is 0 Å². The second-order valence-electron chi connectivity index (χ2n) is 4.38. The number of hydrogen-bond donors (Lipinski definition) is 0. The van der Waals surface area contributed by atoms with Crippen LogP contribution in [0.1, 0.15) is 0 Å². The Kier molecular flexibility index (Phi) is 4.05. The van der Waals surface area contributed by atoms with Gasteiger partial charge in [0.05, 0.1) is 16.3 Å². The maximum atomic E-state index is 10.5. The van der Waals surface area contributed by atoms with Crippen LogP contribution in [0, 0.1) is 10.1 Å². The van der Waals surface area contributed by atoms with Crippen molar-refractivity contribution in [2.45, 2.75) is 0 Å². The number of azo groups is 1. The van der Waals surface area contributed by atoms with Gasteiger partial charge in [0.2, 0.25) is 0 Å². The number of nitro groups is 1. The summed E-state index contributed by atoms with van der Waals surface area (Å²) in [6, 6.07) is 13.6. The lowest BCUT2D eigenvalue weighted by Gasteiger charge is -2.11. The van der Waals surface area contributed by atoms with Crippen LogP contribution in [0.15, 0.2) is 58.8 Å². The van der Waals surface area contributed by atoms with Crippen molar-refractivity contribution in [1.82, 2.24) is 0 Å². The van der Waals surface area contributed by atoms with Crippen molar-refractivity contribution < 1.29 is 4.92 Å². The predicted octanol–water partition coefficient (Wildman–Crippen LogP) is 4.08. The zero-order chi connectivity index (χ0) is 14.5. The molecule has 0 amide bonds. The smallest absolute Gasteiger partial charge is 0.269 e. The molecule has 0 saturated carbocycles. The fourth-order valence-electron chi connectivity index (χ4n) is 1.57. The molecule has 20 heavy (non-hydrogen) atoms. The van der Waals surface area contributed by atoms with Crippen LogP contribution in [-0.4, -0.2) is 19.0 Å². The molecule has 0 aliphatic rings. The highest BCUT2D eigenvalue weighted by Crippen LogP contribution is 2.22. The minimum atomic E-state index is -0.444. The van der Waals surface area contributed by atoms with Crippen LogP contribution < -0.4 is 4.90 Å². The number of nitrogens with zero attached hydrogens (tertiary/aromatic N) is 4. The molecule has 0 bridgehead atoms. The standard InChI is InChI=1S/C14H14N4O2/c1-17(2)13-7-3-11(4-8-13)15-16-12-5-9-14(10-6-12)18(19)20/h3-10H,1-2H3. The van der Waals surface area contributed by atoms with Crippen molar-refractivity contribution in [3.63, 3.8) is 0 Å². The summed E-state index contributed by atoms with van der Waals surface area (Å²) < 4.78 is 0. The Morgan fingerprint density at radius 2 is 1.35 bits per heavy atom. The SMILES string of the molecule is CN(C)c1ccc(N=Nc2ccc([N+](=O)[O-])cc2)cc1. The van der Waals surface area contributed by atoms with E-state index in [-0.39, 0.29) is 5.69 Å². The molecule has 6 heteroatoms. The molecule has 0 heterocycles. The molecule has 0 aromatic heterocycles. The molecule has 0 N–H and O–H groups in total. The van der Waals surface area contributed by atoms with Crippen LogP contribution in [0.2, 0.25) is 0 Å². The molecule has 0 aliphatic carbocycles. The number of nitro benzene ring substituents is 1. The monoisotopic (exact) mass is 270 g/mol. The van der Waals surface area contributed by atoms with Gasteiger partial charge in [-0.2, -0.15) is 10.2 Å². The van der Waals surface area contributed by atoms with Crippen molar-refractivity contribution in [3.05, 3.63) is 58.6 Å². The van der Waals surface area contributed by atoms with Crippen molar-refractivity contribution in [2.75, 3.05) is 19.0 Å². The van der Waals surface area contributed by atoms with E-state index in [1.165, 1.54) is 12.1 Å². The summed E-state index contributed by atoms with van der Waals surface area (Å²) in [6.45, 7) is 0. The molecule has 0 saturated heterocycles. The summed E-state index contributed by atoms with van der Waals surface area (Å²) in [5.41, 5.74) is 2.43. The molecule has 0 fully saturated rings. The van der Waals surface area contributed by atoms with Gasteiger partial charge in [0, 0.05) is 31.9 Å². The number of benzene rings is 2. The maximum absolute atomic E-state index is 10.5. The molecule has 2 rings (SSSR count). The molecule has 2 aromatic carbocycles. The summed E-state index contributed by atoms with van der Waals surface area (Å²) >= 11 is 0. The molecular weight excluding hydrogens is 256 g/mol. The van der Waals surface area contributed by atoms with Crippen LogP contribution in [0.5, 0.6) is 0 Å². The van der Waals surface area contributed by atoms with E-state index in [0.29, 0.717) is 5.69 Å². The Balaban J connectivity index is 2.10. The van der Waals surface area contributed by atoms with E-state index in [4.69, 9.17) is 0 Å². The highest BCUT2D eigenvalue weighted by molar-refractivity contribution is 5.52. The molecule has 6 nitrogen and oxygen atoms in total. The molecule has 0 radical (unpaired) electrons.